The van der Waals surface area contributed by atoms with Crippen molar-refractivity contribution in [1.29, 1.82) is 0 Å². The molecule has 0 radical (unpaired) electrons. The molecule has 1 aliphatic heterocycles. The lowest BCUT2D eigenvalue weighted by Crippen LogP contribution is -2.45. The second kappa shape index (κ2) is 9.70. The number of carbonyl (C=O) groups excluding carboxylic acids is 2. The summed E-state index contributed by atoms with van der Waals surface area (Å²) in [4.78, 5) is 28.8. The van der Waals surface area contributed by atoms with Gasteiger partial charge in [-0.25, -0.2) is 0 Å². The van der Waals surface area contributed by atoms with Crippen molar-refractivity contribution < 1.29 is 9.59 Å². The number of hydrogen-bond acceptors (Lipinski definition) is 3. The molecule has 0 bridgehead atoms. The van der Waals surface area contributed by atoms with E-state index >= 15 is 0 Å². The average Bonchev–Trinajstić information content (AvgIpc) is 2.64. The number of nitrogens with zero attached hydrogens (tertiary/aromatic N) is 2. The minimum atomic E-state index is 0.00214. The van der Waals surface area contributed by atoms with Crippen LogP contribution >= 0.6 is 0 Å². The molecular weight excluding hydrogens is 338 g/mol. The molecule has 0 atom stereocenters. The van der Waals surface area contributed by atoms with Crippen LogP contribution in [0.25, 0.3) is 6.08 Å². The third-order valence-electron chi connectivity index (χ3n) is 4.88. The van der Waals surface area contributed by atoms with Crippen LogP contribution < -0.4 is 5.32 Å². The van der Waals surface area contributed by atoms with Gasteiger partial charge in [-0.3, -0.25) is 9.59 Å². The van der Waals surface area contributed by atoms with E-state index in [1.807, 2.05) is 55.4 Å². The van der Waals surface area contributed by atoms with Crippen LogP contribution in [-0.2, 0) is 9.59 Å². The topological polar surface area (TPSA) is 52.7 Å². The Bertz CT molecular complexity index is 645. The fourth-order valence-electron chi connectivity index (χ4n) is 3.58. The Hall–Kier alpha value is -2.14. The number of hydrogen-bond donors (Lipinski definition) is 1. The minimum Gasteiger partial charge on any atom is -0.355 e. The number of carbonyl (C=O) groups is 2. The first-order valence-corrected chi connectivity index (χ1v) is 9.71. The minimum absolute atomic E-state index is 0.00214. The zero-order chi connectivity index (χ0) is 19.9. The fraction of sp³-hybridized carbons (Fsp3) is 0.545. The maximum atomic E-state index is 12.5. The van der Waals surface area contributed by atoms with Crippen LogP contribution in [0.2, 0.25) is 0 Å². The lowest BCUT2D eigenvalue weighted by atomic mass is 9.91. The summed E-state index contributed by atoms with van der Waals surface area (Å²) in [6.45, 7) is 7.19. The van der Waals surface area contributed by atoms with Crippen LogP contribution in [0.5, 0.6) is 0 Å². The molecule has 27 heavy (non-hydrogen) atoms. The second-order valence-corrected chi connectivity index (χ2v) is 8.46. The molecular formula is C22H33N3O2. The first kappa shape index (κ1) is 21.2. The highest BCUT2D eigenvalue weighted by atomic mass is 16.2. The third kappa shape index (κ3) is 7.18. The van der Waals surface area contributed by atoms with Crippen LogP contribution in [-0.4, -0.2) is 61.9 Å². The molecule has 5 nitrogen and oxygen atoms in total. The third-order valence-corrected chi connectivity index (χ3v) is 4.88. The highest BCUT2D eigenvalue weighted by Crippen LogP contribution is 2.19. The van der Waals surface area contributed by atoms with Gasteiger partial charge in [0.1, 0.15) is 0 Å². The molecule has 5 heteroatoms. The van der Waals surface area contributed by atoms with Crippen LogP contribution in [0.1, 0.15) is 32.3 Å². The Kier molecular flexibility index (Phi) is 7.60. The Labute approximate surface area is 163 Å². The summed E-state index contributed by atoms with van der Waals surface area (Å²) >= 11 is 0. The van der Waals surface area contributed by atoms with E-state index in [4.69, 9.17) is 0 Å². The molecule has 0 unspecified atom stereocenters. The molecule has 2 rings (SSSR count). The number of likely N-dealkylation sites (tertiary alicyclic amines) is 1. The smallest absolute Gasteiger partial charge is 0.246 e. The van der Waals surface area contributed by atoms with Gasteiger partial charge in [-0.05, 0) is 44.0 Å². The van der Waals surface area contributed by atoms with Gasteiger partial charge in [0.25, 0.3) is 0 Å². The summed E-state index contributed by atoms with van der Waals surface area (Å²) < 4.78 is 0. The van der Waals surface area contributed by atoms with Gasteiger partial charge >= 0.3 is 0 Å². The molecule has 1 saturated heterocycles. The summed E-state index contributed by atoms with van der Waals surface area (Å²) in [6, 6.07) is 9.80. The zero-order valence-corrected chi connectivity index (χ0v) is 17.1. The van der Waals surface area contributed by atoms with Crippen LogP contribution in [0.3, 0.4) is 0 Å². The molecule has 2 amide bonds. The molecule has 1 fully saturated rings. The Balaban J connectivity index is 1.76. The number of piperidine rings is 1. The number of amides is 2. The molecule has 0 saturated carbocycles. The molecule has 1 heterocycles. The van der Waals surface area contributed by atoms with E-state index in [-0.39, 0.29) is 23.1 Å². The summed E-state index contributed by atoms with van der Waals surface area (Å²) in [6.07, 6.45) is 4.92. The standard InChI is InChI=1S/C22H33N3O2/c1-22(2,17-24(3)4)16-23-21(27)19-12-14-25(15-13-19)20(26)11-10-18-8-6-5-7-9-18/h5-11,19H,12-17H2,1-4H3,(H,23,27)/b11-10+. The Morgan fingerprint density at radius 3 is 2.41 bits per heavy atom. The maximum Gasteiger partial charge on any atom is 0.246 e. The van der Waals surface area contributed by atoms with E-state index < -0.39 is 0 Å². The van der Waals surface area contributed by atoms with Crippen molar-refractivity contribution in [3.05, 3.63) is 42.0 Å². The summed E-state index contributed by atoms with van der Waals surface area (Å²) in [5.41, 5.74) is 1.05. The van der Waals surface area contributed by atoms with Crippen molar-refractivity contribution in [1.82, 2.24) is 15.1 Å². The quantitative estimate of drug-likeness (QED) is 0.750. The van der Waals surface area contributed by atoms with Crippen LogP contribution in [0.4, 0.5) is 0 Å². The molecule has 148 valence electrons. The van der Waals surface area contributed by atoms with Crippen molar-refractivity contribution in [2.45, 2.75) is 26.7 Å². The van der Waals surface area contributed by atoms with Crippen LogP contribution in [0, 0.1) is 11.3 Å². The predicted molar refractivity (Wildman–Crippen MR) is 110 cm³/mol. The summed E-state index contributed by atoms with van der Waals surface area (Å²) in [5.74, 6) is 0.140. The van der Waals surface area contributed by atoms with E-state index in [0.717, 1.165) is 24.9 Å². The molecule has 1 aromatic carbocycles. The zero-order valence-electron chi connectivity index (χ0n) is 17.1. The first-order valence-electron chi connectivity index (χ1n) is 9.71. The van der Waals surface area contributed by atoms with E-state index in [9.17, 15) is 9.59 Å². The van der Waals surface area contributed by atoms with Gasteiger partial charge in [0, 0.05) is 38.2 Å². The lowest BCUT2D eigenvalue weighted by molar-refractivity contribution is -0.132. The summed E-state index contributed by atoms with van der Waals surface area (Å²) in [5, 5.41) is 3.11. The van der Waals surface area contributed by atoms with Crippen LogP contribution in [0.15, 0.2) is 36.4 Å². The molecule has 1 N–H and O–H groups in total. The largest absolute Gasteiger partial charge is 0.355 e. The summed E-state index contributed by atoms with van der Waals surface area (Å²) in [7, 11) is 4.09. The second-order valence-electron chi connectivity index (χ2n) is 8.46. The van der Waals surface area contributed by atoms with Gasteiger partial charge in [-0.15, -0.1) is 0 Å². The molecule has 0 spiro atoms. The van der Waals surface area contributed by atoms with Gasteiger partial charge in [0.05, 0.1) is 0 Å². The Morgan fingerprint density at radius 2 is 1.81 bits per heavy atom. The normalized spacial score (nSPS) is 16.1. The van der Waals surface area contributed by atoms with Gasteiger partial charge in [0.15, 0.2) is 0 Å². The molecule has 1 aliphatic rings. The van der Waals surface area contributed by atoms with E-state index in [0.29, 0.717) is 19.6 Å². The van der Waals surface area contributed by atoms with Crippen molar-refractivity contribution >= 4 is 17.9 Å². The average molecular weight is 372 g/mol. The fourth-order valence-corrected chi connectivity index (χ4v) is 3.58. The predicted octanol–water partition coefficient (Wildman–Crippen LogP) is 2.64. The molecule has 1 aromatic rings. The van der Waals surface area contributed by atoms with Crippen molar-refractivity contribution in [2.75, 3.05) is 40.3 Å². The number of benzene rings is 1. The van der Waals surface area contributed by atoms with Crippen molar-refractivity contribution in [3.63, 3.8) is 0 Å². The lowest BCUT2D eigenvalue weighted by Gasteiger charge is -2.32. The highest BCUT2D eigenvalue weighted by Gasteiger charge is 2.28. The van der Waals surface area contributed by atoms with Gasteiger partial charge < -0.3 is 15.1 Å². The van der Waals surface area contributed by atoms with Gasteiger partial charge in [-0.2, -0.15) is 0 Å². The first-order chi connectivity index (χ1) is 12.8. The van der Waals surface area contributed by atoms with Gasteiger partial charge in [0.2, 0.25) is 11.8 Å². The van der Waals surface area contributed by atoms with E-state index in [2.05, 4.69) is 24.1 Å². The number of nitrogens with one attached hydrogen (secondary N) is 1. The molecule has 0 aromatic heterocycles. The Morgan fingerprint density at radius 1 is 1.19 bits per heavy atom. The van der Waals surface area contributed by atoms with E-state index in [1.165, 1.54) is 0 Å². The highest BCUT2D eigenvalue weighted by molar-refractivity contribution is 5.92. The number of rotatable bonds is 7. The molecule has 0 aliphatic carbocycles. The monoisotopic (exact) mass is 371 g/mol. The van der Waals surface area contributed by atoms with Crippen molar-refractivity contribution in [2.24, 2.45) is 11.3 Å². The van der Waals surface area contributed by atoms with Crippen molar-refractivity contribution in [3.8, 4) is 0 Å². The van der Waals surface area contributed by atoms with E-state index in [1.54, 1.807) is 6.08 Å². The SMILES string of the molecule is CN(C)CC(C)(C)CNC(=O)C1CCN(C(=O)/C=C/c2ccccc2)CC1. The maximum absolute atomic E-state index is 12.5. The van der Waals surface area contributed by atoms with Gasteiger partial charge in [-0.1, -0.05) is 44.2 Å².